The first-order chi connectivity index (χ1) is 18.7. The van der Waals surface area contributed by atoms with Crippen LogP contribution in [0.25, 0.3) is 43.4 Å². The molecule has 0 amide bonds. The summed E-state index contributed by atoms with van der Waals surface area (Å²) in [5.41, 5.74) is 7.25. The summed E-state index contributed by atoms with van der Waals surface area (Å²) >= 11 is 0. The summed E-state index contributed by atoms with van der Waals surface area (Å²) < 4.78 is 0. The Hall–Kier alpha value is -4.82. The second kappa shape index (κ2) is 9.25. The maximum absolute atomic E-state index is 2.37. The number of anilines is 3. The zero-order valence-electron chi connectivity index (χ0n) is 21.3. The van der Waals surface area contributed by atoms with Crippen molar-refractivity contribution >= 4 is 62.7 Å². The molecule has 7 aromatic rings. The minimum Gasteiger partial charge on any atom is -0.310 e. The molecular formula is C36H26BN. The third-order valence-electron chi connectivity index (χ3n) is 7.48. The third kappa shape index (κ3) is 3.92. The van der Waals surface area contributed by atoms with E-state index in [0.717, 1.165) is 11.4 Å². The summed E-state index contributed by atoms with van der Waals surface area (Å²) in [5.74, 6) is 0. The Balaban J connectivity index is 1.38. The Bertz CT molecular complexity index is 1920. The monoisotopic (exact) mass is 483 g/mol. The van der Waals surface area contributed by atoms with Crippen molar-refractivity contribution in [2.24, 2.45) is 0 Å². The Morgan fingerprint density at radius 1 is 0.395 bits per heavy atom. The van der Waals surface area contributed by atoms with Crippen LogP contribution in [0.3, 0.4) is 0 Å². The molecular weight excluding hydrogens is 457 g/mol. The maximum Gasteiger partial charge on any atom is 0.139 e. The number of benzene rings is 7. The molecule has 38 heavy (non-hydrogen) atoms. The third-order valence-corrected chi connectivity index (χ3v) is 7.48. The molecule has 0 saturated heterocycles. The highest BCUT2D eigenvalue weighted by Crippen LogP contribution is 2.40. The molecule has 0 saturated carbocycles. The van der Waals surface area contributed by atoms with Crippen molar-refractivity contribution in [2.45, 2.75) is 0 Å². The number of hydrogen-bond acceptors (Lipinski definition) is 1. The average molecular weight is 483 g/mol. The second-order valence-corrected chi connectivity index (χ2v) is 9.94. The van der Waals surface area contributed by atoms with Crippen molar-refractivity contribution in [3.8, 4) is 11.1 Å². The SMILES string of the molecule is Bc1ccc(-c2ccc3c(ccc4cc(N(c5ccccc5)c5cccc6ccccc56)ccc43)c2)cc1. The smallest absolute Gasteiger partial charge is 0.139 e. The van der Waals surface area contributed by atoms with E-state index >= 15 is 0 Å². The van der Waals surface area contributed by atoms with E-state index in [2.05, 4.69) is 158 Å². The van der Waals surface area contributed by atoms with Crippen LogP contribution in [0.15, 0.2) is 146 Å². The minimum absolute atomic E-state index is 1.15. The molecule has 0 atom stereocenters. The number of hydrogen-bond donors (Lipinski definition) is 0. The lowest BCUT2D eigenvalue weighted by molar-refractivity contribution is 1.30. The van der Waals surface area contributed by atoms with Crippen LogP contribution in [0.2, 0.25) is 0 Å². The van der Waals surface area contributed by atoms with E-state index in [1.807, 2.05) is 0 Å². The van der Waals surface area contributed by atoms with Gasteiger partial charge in [-0.25, -0.2) is 0 Å². The van der Waals surface area contributed by atoms with Gasteiger partial charge in [0.1, 0.15) is 7.85 Å². The van der Waals surface area contributed by atoms with Gasteiger partial charge >= 0.3 is 0 Å². The van der Waals surface area contributed by atoms with Gasteiger partial charge in [0.25, 0.3) is 0 Å². The minimum atomic E-state index is 1.15. The van der Waals surface area contributed by atoms with Crippen molar-refractivity contribution in [2.75, 3.05) is 4.90 Å². The Kier molecular flexibility index (Phi) is 5.45. The van der Waals surface area contributed by atoms with Crippen LogP contribution >= 0.6 is 0 Å². The molecule has 0 heterocycles. The van der Waals surface area contributed by atoms with Crippen molar-refractivity contribution in [1.82, 2.24) is 0 Å². The van der Waals surface area contributed by atoms with Crippen molar-refractivity contribution in [1.29, 1.82) is 0 Å². The molecule has 0 spiro atoms. The van der Waals surface area contributed by atoms with Crippen molar-refractivity contribution in [3.63, 3.8) is 0 Å². The van der Waals surface area contributed by atoms with Gasteiger partial charge < -0.3 is 4.90 Å². The van der Waals surface area contributed by atoms with Crippen LogP contribution in [0.5, 0.6) is 0 Å². The number of nitrogens with zero attached hydrogens (tertiary/aromatic N) is 1. The molecule has 0 aliphatic rings. The molecule has 7 aromatic carbocycles. The summed E-state index contributed by atoms with van der Waals surface area (Å²) in [5, 5.41) is 7.52. The van der Waals surface area contributed by atoms with Gasteiger partial charge in [-0.05, 0) is 74.5 Å². The van der Waals surface area contributed by atoms with E-state index in [0.29, 0.717) is 0 Å². The summed E-state index contributed by atoms with van der Waals surface area (Å²) in [6, 6.07) is 52.7. The topological polar surface area (TPSA) is 3.24 Å². The van der Waals surface area contributed by atoms with Crippen molar-refractivity contribution < 1.29 is 0 Å². The first-order valence-electron chi connectivity index (χ1n) is 13.1. The number of para-hydroxylation sites is 1. The van der Waals surface area contributed by atoms with Crippen LogP contribution in [-0.2, 0) is 0 Å². The summed E-state index contributed by atoms with van der Waals surface area (Å²) in [6.45, 7) is 0. The molecule has 0 aromatic heterocycles. The quantitative estimate of drug-likeness (QED) is 0.179. The lowest BCUT2D eigenvalue weighted by atomic mass is 9.92. The van der Waals surface area contributed by atoms with Crippen LogP contribution < -0.4 is 10.4 Å². The fourth-order valence-electron chi connectivity index (χ4n) is 5.53. The van der Waals surface area contributed by atoms with Crippen LogP contribution in [0, 0.1) is 0 Å². The van der Waals surface area contributed by atoms with Crippen LogP contribution in [0.1, 0.15) is 0 Å². The highest BCUT2D eigenvalue weighted by atomic mass is 15.1. The number of fused-ring (bicyclic) bond motifs is 4. The average Bonchev–Trinajstić information content (AvgIpc) is 2.98. The van der Waals surface area contributed by atoms with E-state index < -0.39 is 0 Å². The summed E-state index contributed by atoms with van der Waals surface area (Å²) in [7, 11) is 2.13. The lowest BCUT2D eigenvalue weighted by Gasteiger charge is -2.27. The van der Waals surface area contributed by atoms with Crippen LogP contribution in [-0.4, -0.2) is 7.85 Å². The molecule has 0 fully saturated rings. The van der Waals surface area contributed by atoms with E-state index in [4.69, 9.17) is 0 Å². The predicted octanol–water partition coefficient (Wildman–Crippen LogP) is 8.54. The van der Waals surface area contributed by atoms with Gasteiger partial charge in [-0.3, -0.25) is 0 Å². The maximum atomic E-state index is 2.37. The molecule has 0 N–H and O–H groups in total. The second-order valence-electron chi connectivity index (χ2n) is 9.94. The Morgan fingerprint density at radius 3 is 1.87 bits per heavy atom. The molecule has 0 bridgehead atoms. The van der Waals surface area contributed by atoms with Gasteiger partial charge in [-0.15, -0.1) is 0 Å². The zero-order valence-corrected chi connectivity index (χ0v) is 21.3. The molecule has 2 heteroatoms. The molecule has 7 rings (SSSR count). The standard InChI is InChI=1S/C36H26BN/c37-30-18-15-25(16-19-30)27-17-21-33-28(23-27)13-14-29-24-32(20-22-34(29)33)38(31-9-2-1-3-10-31)36-12-6-8-26-7-4-5-11-35(26)36/h1-24H,37H2. The fraction of sp³-hybridized carbons (Fsp3) is 0. The normalized spacial score (nSPS) is 11.3. The van der Waals surface area contributed by atoms with E-state index in [-0.39, 0.29) is 0 Å². The highest BCUT2D eigenvalue weighted by Gasteiger charge is 2.16. The van der Waals surface area contributed by atoms with Gasteiger partial charge in [-0.1, -0.05) is 115 Å². The van der Waals surface area contributed by atoms with Gasteiger partial charge in [0.2, 0.25) is 0 Å². The van der Waals surface area contributed by atoms with Gasteiger partial charge in [0.15, 0.2) is 0 Å². The Labute approximate surface area is 224 Å². The molecule has 0 unspecified atom stereocenters. The van der Waals surface area contributed by atoms with Gasteiger partial charge in [-0.2, -0.15) is 0 Å². The fourth-order valence-corrected chi connectivity index (χ4v) is 5.53. The molecule has 0 aliphatic carbocycles. The molecule has 0 radical (unpaired) electrons. The first kappa shape index (κ1) is 22.4. The van der Waals surface area contributed by atoms with E-state index in [1.165, 1.54) is 54.6 Å². The molecule has 1 nitrogen and oxygen atoms in total. The Morgan fingerprint density at radius 2 is 1.05 bits per heavy atom. The number of rotatable bonds is 4. The van der Waals surface area contributed by atoms with Crippen molar-refractivity contribution in [3.05, 3.63) is 146 Å². The largest absolute Gasteiger partial charge is 0.310 e. The highest BCUT2D eigenvalue weighted by molar-refractivity contribution is 6.32. The van der Waals surface area contributed by atoms with Crippen LogP contribution in [0.4, 0.5) is 17.1 Å². The van der Waals surface area contributed by atoms with E-state index in [9.17, 15) is 0 Å². The predicted molar refractivity (Wildman–Crippen MR) is 167 cm³/mol. The first-order valence-corrected chi connectivity index (χ1v) is 13.1. The van der Waals surface area contributed by atoms with E-state index in [1.54, 1.807) is 0 Å². The molecule has 0 aliphatic heterocycles. The molecule has 178 valence electrons. The van der Waals surface area contributed by atoms with Gasteiger partial charge in [0, 0.05) is 16.8 Å². The summed E-state index contributed by atoms with van der Waals surface area (Å²) in [4.78, 5) is 2.37. The lowest BCUT2D eigenvalue weighted by Crippen LogP contribution is -2.10. The zero-order chi connectivity index (χ0) is 25.5. The summed E-state index contributed by atoms with van der Waals surface area (Å²) in [6.07, 6.45) is 0. The van der Waals surface area contributed by atoms with Gasteiger partial charge in [0.05, 0.1) is 5.69 Å².